The van der Waals surface area contributed by atoms with Crippen LogP contribution in [0.15, 0.2) is 0 Å². The van der Waals surface area contributed by atoms with Crippen LogP contribution in [0.2, 0.25) is 0 Å². The van der Waals surface area contributed by atoms with Gasteiger partial charge in [-0.05, 0) is 32.4 Å². The SMILES string of the molecule is O=C(NCC(F)(F)F)C1CCN(C[B-](F)(F)F)CC1. The predicted molar refractivity (Wildman–Crippen MR) is 57.3 cm³/mol. The average Bonchev–Trinajstić information content (AvgIpc) is 2.23. The molecule has 10 heteroatoms. The quantitative estimate of drug-likeness (QED) is 0.632. The number of alkyl halides is 3. The molecular formula is C9H14BF6N2O-. The fraction of sp³-hybridized carbons (Fsp3) is 0.889. The van der Waals surface area contributed by atoms with Gasteiger partial charge in [0.25, 0.3) is 0 Å². The van der Waals surface area contributed by atoms with Gasteiger partial charge >= 0.3 is 13.2 Å². The molecule has 112 valence electrons. The van der Waals surface area contributed by atoms with Crippen LogP contribution in [-0.4, -0.2) is 50.0 Å². The highest BCUT2D eigenvalue weighted by molar-refractivity contribution is 6.58. The van der Waals surface area contributed by atoms with Crippen LogP contribution >= 0.6 is 0 Å². The summed E-state index contributed by atoms with van der Waals surface area (Å²) in [6, 6.07) is 0. The second-order valence-corrected chi connectivity index (χ2v) is 4.62. The molecule has 0 aromatic carbocycles. The molecular weight excluding hydrogens is 277 g/mol. The summed E-state index contributed by atoms with van der Waals surface area (Å²) in [6.45, 7) is -6.17. The van der Waals surface area contributed by atoms with Crippen molar-refractivity contribution in [3.05, 3.63) is 0 Å². The van der Waals surface area contributed by atoms with E-state index in [1.165, 1.54) is 4.90 Å². The molecule has 1 fully saturated rings. The van der Waals surface area contributed by atoms with Gasteiger partial charge in [-0.3, -0.25) is 4.79 Å². The third-order valence-corrected chi connectivity index (χ3v) is 2.89. The first-order chi connectivity index (χ1) is 8.57. The van der Waals surface area contributed by atoms with E-state index in [1.54, 1.807) is 5.32 Å². The lowest BCUT2D eigenvalue weighted by atomic mass is 9.88. The Balaban J connectivity index is 2.31. The highest BCUT2D eigenvalue weighted by Gasteiger charge is 2.33. The maximum absolute atomic E-state index is 12.2. The van der Waals surface area contributed by atoms with E-state index < -0.39 is 38.0 Å². The fourth-order valence-corrected chi connectivity index (χ4v) is 2.00. The van der Waals surface area contributed by atoms with Gasteiger partial charge in [0, 0.05) is 5.92 Å². The number of carbonyl (C=O) groups is 1. The lowest BCUT2D eigenvalue weighted by molar-refractivity contribution is -0.141. The Morgan fingerprint density at radius 2 is 1.74 bits per heavy atom. The monoisotopic (exact) mass is 291 g/mol. The maximum atomic E-state index is 12.2. The van der Waals surface area contributed by atoms with E-state index in [1.807, 2.05) is 0 Å². The lowest BCUT2D eigenvalue weighted by Crippen LogP contribution is -2.46. The van der Waals surface area contributed by atoms with Crippen molar-refractivity contribution in [2.45, 2.75) is 19.0 Å². The number of hydrogen-bond donors (Lipinski definition) is 1. The van der Waals surface area contributed by atoms with Gasteiger partial charge in [0.05, 0.1) is 0 Å². The number of rotatable bonds is 4. The number of piperidine rings is 1. The summed E-state index contributed by atoms with van der Waals surface area (Å²) in [4.78, 5) is 12.6. The normalized spacial score (nSPS) is 19.5. The zero-order chi connectivity index (χ0) is 14.7. The zero-order valence-corrected chi connectivity index (χ0v) is 10.0. The molecule has 3 nitrogen and oxygen atoms in total. The Labute approximate surface area is 106 Å². The van der Waals surface area contributed by atoms with Crippen LogP contribution in [0, 0.1) is 5.92 Å². The second-order valence-electron chi connectivity index (χ2n) is 4.62. The Bertz CT molecular complexity index is 311. The van der Waals surface area contributed by atoms with Gasteiger partial charge in [0.1, 0.15) is 6.54 Å². The number of hydrogen-bond acceptors (Lipinski definition) is 2. The van der Waals surface area contributed by atoms with E-state index in [-0.39, 0.29) is 25.9 Å². The minimum absolute atomic E-state index is 0.0748. The van der Waals surface area contributed by atoms with Crippen molar-refractivity contribution in [3.63, 3.8) is 0 Å². The Kier molecular flexibility index (Phi) is 5.11. The molecule has 0 saturated carbocycles. The smallest absolute Gasteiger partial charge is 0.448 e. The van der Waals surface area contributed by atoms with Crippen molar-refractivity contribution in [2.24, 2.45) is 5.92 Å². The summed E-state index contributed by atoms with van der Waals surface area (Å²) in [5.41, 5.74) is 0. The highest BCUT2D eigenvalue weighted by Crippen LogP contribution is 2.21. The van der Waals surface area contributed by atoms with Crippen LogP contribution in [0.1, 0.15) is 12.8 Å². The van der Waals surface area contributed by atoms with Crippen LogP contribution in [0.25, 0.3) is 0 Å². The average molecular weight is 291 g/mol. The second kappa shape index (κ2) is 6.02. The minimum atomic E-state index is -4.91. The summed E-state index contributed by atoms with van der Waals surface area (Å²) in [7, 11) is 0. The maximum Gasteiger partial charge on any atom is 0.492 e. The molecule has 0 aliphatic carbocycles. The molecule has 1 saturated heterocycles. The number of amides is 1. The molecule has 0 radical (unpaired) electrons. The fourth-order valence-electron chi connectivity index (χ4n) is 2.00. The van der Waals surface area contributed by atoms with Crippen LogP contribution in [0.4, 0.5) is 26.1 Å². The summed E-state index contributed by atoms with van der Waals surface area (Å²) in [5.74, 6) is -1.38. The van der Waals surface area contributed by atoms with E-state index >= 15 is 0 Å². The van der Waals surface area contributed by atoms with Gasteiger partial charge in [-0.2, -0.15) is 13.2 Å². The molecule has 1 amide bonds. The van der Waals surface area contributed by atoms with Gasteiger partial charge in [-0.25, -0.2) is 0 Å². The summed E-state index contributed by atoms with van der Waals surface area (Å²) in [5, 5.41) is 1.75. The Hall–Kier alpha value is -0.925. The topological polar surface area (TPSA) is 32.3 Å². The van der Waals surface area contributed by atoms with Gasteiger partial charge in [0.15, 0.2) is 0 Å². The lowest BCUT2D eigenvalue weighted by Gasteiger charge is -2.34. The Morgan fingerprint density at radius 1 is 1.21 bits per heavy atom. The third kappa shape index (κ3) is 6.69. The van der Waals surface area contributed by atoms with Gasteiger partial charge < -0.3 is 23.2 Å². The molecule has 0 atom stereocenters. The first kappa shape index (κ1) is 16.1. The molecule has 1 rings (SSSR count). The largest absolute Gasteiger partial charge is 0.492 e. The van der Waals surface area contributed by atoms with Crippen molar-refractivity contribution >= 4 is 12.9 Å². The first-order valence-electron chi connectivity index (χ1n) is 5.84. The van der Waals surface area contributed by atoms with E-state index in [4.69, 9.17) is 0 Å². The highest BCUT2D eigenvalue weighted by atomic mass is 19.4. The molecule has 0 unspecified atom stereocenters. The predicted octanol–water partition coefficient (Wildman–Crippen LogP) is 1.76. The molecule has 19 heavy (non-hydrogen) atoms. The molecule has 0 aromatic rings. The number of likely N-dealkylation sites (tertiary alicyclic amines) is 1. The molecule has 1 aliphatic heterocycles. The number of halogens is 6. The van der Waals surface area contributed by atoms with E-state index in [0.29, 0.717) is 0 Å². The minimum Gasteiger partial charge on any atom is -0.448 e. The number of carbonyl (C=O) groups excluding carboxylic acids is 1. The van der Waals surface area contributed by atoms with Crippen molar-refractivity contribution < 1.29 is 30.9 Å². The third-order valence-electron chi connectivity index (χ3n) is 2.89. The van der Waals surface area contributed by atoms with Gasteiger partial charge in [-0.15, -0.1) is 0 Å². The van der Waals surface area contributed by atoms with E-state index in [9.17, 15) is 30.9 Å². The van der Waals surface area contributed by atoms with Crippen molar-refractivity contribution in [1.29, 1.82) is 0 Å². The molecule has 0 spiro atoms. The van der Waals surface area contributed by atoms with Crippen molar-refractivity contribution in [1.82, 2.24) is 10.2 Å². The molecule has 1 heterocycles. The van der Waals surface area contributed by atoms with Crippen LogP contribution in [-0.2, 0) is 4.79 Å². The van der Waals surface area contributed by atoms with E-state index in [2.05, 4.69) is 0 Å². The molecule has 1 N–H and O–H groups in total. The molecule has 1 aliphatic rings. The summed E-state index contributed by atoms with van der Waals surface area (Å²) in [6.07, 6.45) is -5.17. The van der Waals surface area contributed by atoms with Crippen molar-refractivity contribution in [2.75, 3.05) is 26.1 Å². The van der Waals surface area contributed by atoms with Crippen LogP contribution in [0.3, 0.4) is 0 Å². The standard InChI is InChI=1S/C9H14BF6N2O/c11-9(12,13)5-17-8(19)7-1-3-18(4-2-7)6-10(14,15)16/h7H,1-6H2,(H,17,19)/q-1. The first-order valence-corrected chi connectivity index (χ1v) is 5.84. The molecule has 0 aromatic heterocycles. The Morgan fingerprint density at radius 3 is 2.16 bits per heavy atom. The summed E-state index contributed by atoms with van der Waals surface area (Å²) < 4.78 is 72.1. The summed E-state index contributed by atoms with van der Waals surface area (Å²) >= 11 is 0. The molecule has 0 bridgehead atoms. The number of nitrogens with one attached hydrogen (secondary N) is 1. The van der Waals surface area contributed by atoms with Crippen LogP contribution < -0.4 is 5.32 Å². The van der Waals surface area contributed by atoms with Gasteiger partial charge in [0.2, 0.25) is 5.91 Å². The van der Waals surface area contributed by atoms with Crippen LogP contribution in [0.5, 0.6) is 0 Å². The van der Waals surface area contributed by atoms with Gasteiger partial charge in [-0.1, -0.05) is 0 Å². The zero-order valence-electron chi connectivity index (χ0n) is 10.0. The number of nitrogens with zero attached hydrogens (tertiary/aromatic N) is 1. The van der Waals surface area contributed by atoms with Crippen molar-refractivity contribution in [3.8, 4) is 0 Å². The van der Waals surface area contributed by atoms with E-state index in [0.717, 1.165) is 0 Å².